The van der Waals surface area contributed by atoms with Gasteiger partial charge in [-0.25, -0.2) is 4.79 Å². The van der Waals surface area contributed by atoms with E-state index in [0.29, 0.717) is 24.5 Å². The summed E-state index contributed by atoms with van der Waals surface area (Å²) < 4.78 is 10.8. The number of rotatable bonds is 9. The fraction of sp³-hybridized carbons (Fsp3) is 0.529. The summed E-state index contributed by atoms with van der Waals surface area (Å²) in [4.78, 5) is 23.7. The molecule has 0 saturated carbocycles. The van der Waals surface area contributed by atoms with E-state index < -0.39 is 17.9 Å². The van der Waals surface area contributed by atoms with Gasteiger partial charge in [0.15, 0.2) is 11.5 Å². The maximum absolute atomic E-state index is 12.4. The first-order chi connectivity index (χ1) is 11.3. The normalized spacial score (nSPS) is 13.0. The van der Waals surface area contributed by atoms with Gasteiger partial charge in [-0.2, -0.15) is 0 Å². The van der Waals surface area contributed by atoms with Crippen molar-refractivity contribution in [3.05, 3.63) is 22.7 Å². The minimum absolute atomic E-state index is 0.198. The third-order valence-electron chi connectivity index (χ3n) is 3.71. The van der Waals surface area contributed by atoms with Crippen LogP contribution in [0.3, 0.4) is 0 Å². The lowest BCUT2D eigenvalue weighted by Gasteiger charge is -2.20. The van der Waals surface area contributed by atoms with Crippen LogP contribution in [0.4, 0.5) is 0 Å². The van der Waals surface area contributed by atoms with Gasteiger partial charge in [-0.15, -0.1) is 0 Å². The van der Waals surface area contributed by atoms with Crippen LogP contribution >= 0.6 is 11.6 Å². The Morgan fingerprint density at radius 2 is 2.00 bits per heavy atom. The monoisotopic (exact) mass is 357 g/mol. The minimum Gasteiger partial charge on any atom is -0.493 e. The molecule has 2 unspecified atom stereocenters. The molecule has 0 heterocycles. The van der Waals surface area contributed by atoms with Gasteiger partial charge in [0.1, 0.15) is 6.04 Å². The van der Waals surface area contributed by atoms with Crippen molar-refractivity contribution >= 4 is 23.5 Å². The van der Waals surface area contributed by atoms with Gasteiger partial charge >= 0.3 is 5.97 Å². The van der Waals surface area contributed by atoms with Crippen LogP contribution in [0.2, 0.25) is 5.02 Å². The number of halogens is 1. The van der Waals surface area contributed by atoms with Gasteiger partial charge in [-0.1, -0.05) is 38.8 Å². The Balaban J connectivity index is 3.06. The number of hydrogen-bond donors (Lipinski definition) is 2. The Kier molecular flexibility index (Phi) is 7.85. The summed E-state index contributed by atoms with van der Waals surface area (Å²) in [6, 6.07) is 1.96. The number of carbonyl (C=O) groups is 2. The lowest BCUT2D eigenvalue weighted by Crippen LogP contribution is -2.45. The second-order valence-corrected chi connectivity index (χ2v) is 5.92. The van der Waals surface area contributed by atoms with E-state index >= 15 is 0 Å². The van der Waals surface area contributed by atoms with E-state index in [2.05, 4.69) is 5.32 Å². The number of nitrogens with one attached hydrogen (secondary N) is 1. The molecule has 6 nitrogen and oxygen atoms in total. The van der Waals surface area contributed by atoms with Gasteiger partial charge in [0, 0.05) is 5.56 Å². The van der Waals surface area contributed by atoms with Crippen LogP contribution in [0, 0.1) is 5.92 Å². The number of benzene rings is 1. The number of aliphatic carboxylic acids is 1. The quantitative estimate of drug-likeness (QED) is 0.707. The molecular formula is C17H24ClNO5. The molecule has 0 aromatic heterocycles. The molecule has 0 spiro atoms. The first kappa shape index (κ1) is 20.1. The molecule has 2 atom stereocenters. The molecule has 1 rings (SSSR count). The summed E-state index contributed by atoms with van der Waals surface area (Å²) in [6.07, 6.45) is 1.43. The first-order valence-electron chi connectivity index (χ1n) is 7.89. The molecule has 1 aromatic rings. The van der Waals surface area contributed by atoms with Gasteiger partial charge < -0.3 is 19.9 Å². The Bertz CT molecular complexity index is 591. The number of hydrogen-bond acceptors (Lipinski definition) is 4. The maximum Gasteiger partial charge on any atom is 0.326 e. The maximum atomic E-state index is 12.4. The van der Waals surface area contributed by atoms with Crippen molar-refractivity contribution in [1.82, 2.24) is 5.32 Å². The van der Waals surface area contributed by atoms with Crippen molar-refractivity contribution in [2.45, 2.75) is 39.7 Å². The lowest BCUT2D eigenvalue weighted by molar-refractivity contribution is -0.140. The first-order valence-corrected chi connectivity index (χ1v) is 8.27. The highest BCUT2D eigenvalue weighted by atomic mass is 35.5. The van der Waals surface area contributed by atoms with E-state index in [9.17, 15) is 14.7 Å². The highest BCUT2D eigenvalue weighted by molar-refractivity contribution is 6.32. The molecule has 0 aliphatic heterocycles. The van der Waals surface area contributed by atoms with Crippen molar-refractivity contribution in [1.29, 1.82) is 0 Å². The molecule has 1 amide bonds. The average Bonchev–Trinajstić information content (AvgIpc) is 2.56. The van der Waals surface area contributed by atoms with Crippen molar-refractivity contribution in [2.75, 3.05) is 13.7 Å². The molecule has 0 bridgehead atoms. The Morgan fingerprint density at radius 1 is 1.33 bits per heavy atom. The summed E-state index contributed by atoms with van der Waals surface area (Å²) in [6.45, 7) is 6.07. The summed E-state index contributed by atoms with van der Waals surface area (Å²) in [5.41, 5.74) is 0.218. The number of carboxylic acid groups (broad SMARTS) is 1. The van der Waals surface area contributed by atoms with Crippen LogP contribution in [-0.4, -0.2) is 36.7 Å². The number of carbonyl (C=O) groups excluding carboxylic acids is 1. The van der Waals surface area contributed by atoms with Crippen LogP contribution in [0.15, 0.2) is 12.1 Å². The van der Waals surface area contributed by atoms with Gasteiger partial charge in [0.25, 0.3) is 5.91 Å². The predicted molar refractivity (Wildman–Crippen MR) is 92.1 cm³/mol. The molecule has 134 valence electrons. The zero-order valence-electron chi connectivity index (χ0n) is 14.4. The zero-order chi connectivity index (χ0) is 18.3. The average molecular weight is 358 g/mol. The summed E-state index contributed by atoms with van der Waals surface area (Å²) in [5.74, 6) is -1.09. The molecule has 1 aromatic carbocycles. The van der Waals surface area contributed by atoms with E-state index in [0.717, 1.165) is 6.42 Å². The number of amides is 1. The molecular weight excluding hydrogens is 334 g/mol. The van der Waals surface area contributed by atoms with Gasteiger partial charge in [-0.3, -0.25) is 4.79 Å². The standard InChI is InChI=1S/C17H24ClNO5/c1-5-7-24-15-12(18)8-11(9-13(15)23-4)16(20)19-14(17(21)22)10(3)6-2/h8-10,14H,5-7H2,1-4H3,(H,19,20)(H,21,22). The summed E-state index contributed by atoms with van der Waals surface area (Å²) >= 11 is 6.18. The zero-order valence-corrected chi connectivity index (χ0v) is 15.1. The Hall–Kier alpha value is -1.95. The molecule has 0 radical (unpaired) electrons. The third-order valence-corrected chi connectivity index (χ3v) is 3.99. The fourth-order valence-corrected chi connectivity index (χ4v) is 2.37. The number of ether oxygens (including phenoxy) is 2. The molecule has 0 aliphatic carbocycles. The smallest absolute Gasteiger partial charge is 0.326 e. The highest BCUT2D eigenvalue weighted by Crippen LogP contribution is 2.36. The second kappa shape index (κ2) is 9.37. The minimum atomic E-state index is -1.07. The van der Waals surface area contributed by atoms with Gasteiger partial charge in [-0.05, 0) is 24.5 Å². The van der Waals surface area contributed by atoms with Crippen molar-refractivity contribution < 1.29 is 24.2 Å². The van der Waals surface area contributed by atoms with Crippen LogP contribution in [-0.2, 0) is 4.79 Å². The molecule has 0 aliphatic rings. The van der Waals surface area contributed by atoms with E-state index in [1.54, 1.807) is 6.92 Å². The van der Waals surface area contributed by atoms with Crippen molar-refractivity contribution in [2.24, 2.45) is 5.92 Å². The van der Waals surface area contributed by atoms with E-state index in [4.69, 9.17) is 21.1 Å². The summed E-state index contributed by atoms with van der Waals surface area (Å²) in [5, 5.41) is 12.1. The van der Waals surface area contributed by atoms with E-state index in [1.165, 1.54) is 19.2 Å². The number of methoxy groups -OCH3 is 1. The molecule has 24 heavy (non-hydrogen) atoms. The third kappa shape index (κ3) is 5.03. The van der Waals surface area contributed by atoms with Crippen LogP contribution in [0.5, 0.6) is 11.5 Å². The predicted octanol–water partition coefficient (Wildman–Crippen LogP) is 3.37. The van der Waals surface area contributed by atoms with Crippen molar-refractivity contribution in [3.63, 3.8) is 0 Å². The lowest BCUT2D eigenvalue weighted by atomic mass is 9.99. The number of carboxylic acids is 1. The largest absolute Gasteiger partial charge is 0.493 e. The molecule has 2 N–H and O–H groups in total. The Morgan fingerprint density at radius 3 is 2.50 bits per heavy atom. The molecule has 7 heteroatoms. The highest BCUT2D eigenvalue weighted by Gasteiger charge is 2.26. The topological polar surface area (TPSA) is 84.9 Å². The SMILES string of the molecule is CCCOc1c(Cl)cc(C(=O)NC(C(=O)O)C(C)CC)cc1OC. The van der Waals surface area contributed by atoms with E-state index in [-0.39, 0.29) is 16.5 Å². The van der Waals surface area contributed by atoms with Crippen LogP contribution in [0.25, 0.3) is 0 Å². The van der Waals surface area contributed by atoms with Gasteiger partial charge in [0.05, 0.1) is 18.7 Å². The Labute approximate surface area is 147 Å². The second-order valence-electron chi connectivity index (χ2n) is 5.51. The molecule has 0 saturated heterocycles. The van der Waals surface area contributed by atoms with E-state index in [1.807, 2.05) is 13.8 Å². The van der Waals surface area contributed by atoms with Crippen molar-refractivity contribution in [3.8, 4) is 11.5 Å². The fourth-order valence-electron chi connectivity index (χ4n) is 2.10. The molecule has 0 fully saturated rings. The van der Waals surface area contributed by atoms with Gasteiger partial charge in [0.2, 0.25) is 0 Å². The summed E-state index contributed by atoms with van der Waals surface area (Å²) in [7, 11) is 1.45. The van der Waals surface area contributed by atoms with Crippen LogP contribution < -0.4 is 14.8 Å². The van der Waals surface area contributed by atoms with Crippen LogP contribution in [0.1, 0.15) is 44.0 Å².